The Balaban J connectivity index is 1.49. The van der Waals surface area contributed by atoms with Gasteiger partial charge in [-0.25, -0.2) is 14.8 Å². The van der Waals surface area contributed by atoms with Crippen molar-refractivity contribution in [1.29, 1.82) is 0 Å². The van der Waals surface area contributed by atoms with Crippen LogP contribution < -0.4 is 10.5 Å². The number of H-pyrrole nitrogens is 1. The van der Waals surface area contributed by atoms with E-state index in [0.717, 1.165) is 73.8 Å². The van der Waals surface area contributed by atoms with Crippen LogP contribution in [0.3, 0.4) is 0 Å². The van der Waals surface area contributed by atoms with Crippen LogP contribution in [0.2, 0.25) is 0 Å². The maximum atomic E-state index is 11.7. The van der Waals surface area contributed by atoms with Crippen molar-refractivity contribution in [2.24, 2.45) is 0 Å². The Kier molecular flexibility index (Phi) is 5.52. The summed E-state index contributed by atoms with van der Waals surface area (Å²) < 4.78 is 13.3. The van der Waals surface area contributed by atoms with Gasteiger partial charge in [-0.2, -0.15) is 0 Å². The molecule has 3 aromatic heterocycles. The fourth-order valence-corrected chi connectivity index (χ4v) is 5.16. The summed E-state index contributed by atoms with van der Waals surface area (Å²) in [5, 5.41) is 3.94. The third-order valence-electron chi connectivity index (χ3n) is 6.91. The minimum atomic E-state index is -0.581. The number of pyridine rings is 1. The van der Waals surface area contributed by atoms with Crippen molar-refractivity contribution in [3.8, 4) is 5.75 Å². The average Bonchev–Trinajstić information content (AvgIpc) is 3.43. The van der Waals surface area contributed by atoms with Crippen molar-refractivity contribution in [1.82, 2.24) is 24.7 Å². The first kappa shape index (κ1) is 23.0. The van der Waals surface area contributed by atoms with E-state index >= 15 is 0 Å². The van der Waals surface area contributed by atoms with Crippen molar-refractivity contribution in [3.63, 3.8) is 0 Å². The maximum Gasteiger partial charge on any atom is 0.439 e. The second kappa shape index (κ2) is 8.89. The van der Waals surface area contributed by atoms with Crippen molar-refractivity contribution >= 4 is 22.3 Å². The first-order valence-electron chi connectivity index (χ1n) is 12.4. The number of benzene rings is 2. The number of rotatable bonds is 4. The molecule has 8 heteroatoms. The van der Waals surface area contributed by atoms with Gasteiger partial charge in [-0.1, -0.05) is 48.5 Å². The molecule has 0 radical (unpaired) electrons. The smallest absolute Gasteiger partial charge is 0.439 e. The summed E-state index contributed by atoms with van der Waals surface area (Å²) in [5.41, 5.74) is 9.86. The number of nitrogens with zero attached hydrogens (tertiary/aromatic N) is 4. The largest absolute Gasteiger partial charge is 0.488 e. The molecule has 37 heavy (non-hydrogen) atoms. The molecular weight excluding hydrogens is 466 g/mol. The highest BCUT2D eigenvalue weighted by atomic mass is 16.5. The van der Waals surface area contributed by atoms with Crippen LogP contribution in [0.1, 0.15) is 59.0 Å². The van der Waals surface area contributed by atoms with E-state index in [9.17, 15) is 4.79 Å². The van der Waals surface area contributed by atoms with Crippen LogP contribution in [0.4, 0.5) is 0 Å². The Labute approximate surface area is 213 Å². The van der Waals surface area contributed by atoms with Crippen molar-refractivity contribution in [2.45, 2.75) is 47.3 Å². The SMILES string of the molecule is CCc1nc2c(C)cc(C)nc2n1Cc1ccc2c(c1)OCc1ccccc1/C2=C(\C)c1noc(=O)[nH]1. The van der Waals surface area contributed by atoms with E-state index in [2.05, 4.69) is 65.0 Å². The lowest BCUT2D eigenvalue weighted by Crippen LogP contribution is -2.06. The normalized spacial score (nSPS) is 14.2. The number of aryl methyl sites for hydroxylation is 3. The zero-order valence-electron chi connectivity index (χ0n) is 21.3. The van der Waals surface area contributed by atoms with Crippen molar-refractivity contribution in [3.05, 3.63) is 104 Å². The number of hydrogen-bond donors (Lipinski definition) is 1. The van der Waals surface area contributed by atoms with Gasteiger partial charge in [-0.05, 0) is 60.7 Å². The Morgan fingerprint density at radius 2 is 1.92 bits per heavy atom. The molecule has 1 aliphatic rings. The summed E-state index contributed by atoms with van der Waals surface area (Å²) in [6.45, 7) is 9.22. The number of allylic oxidation sites excluding steroid dienone is 1. The van der Waals surface area contributed by atoms with Gasteiger partial charge in [0.25, 0.3) is 0 Å². The van der Waals surface area contributed by atoms with E-state index in [1.54, 1.807) is 0 Å². The number of fused-ring (bicyclic) bond motifs is 3. The molecule has 186 valence electrons. The van der Waals surface area contributed by atoms with Crippen LogP contribution in [0, 0.1) is 13.8 Å². The molecule has 5 aromatic rings. The number of imidazole rings is 1. The quantitative estimate of drug-likeness (QED) is 0.369. The number of aromatic nitrogens is 5. The Hall–Kier alpha value is -4.46. The van der Waals surface area contributed by atoms with Gasteiger partial charge in [0.2, 0.25) is 0 Å². The number of aromatic amines is 1. The van der Waals surface area contributed by atoms with Crippen LogP contribution in [-0.4, -0.2) is 24.7 Å². The monoisotopic (exact) mass is 493 g/mol. The highest BCUT2D eigenvalue weighted by molar-refractivity contribution is 5.99. The highest BCUT2D eigenvalue weighted by Gasteiger charge is 2.24. The van der Waals surface area contributed by atoms with Crippen molar-refractivity contribution < 1.29 is 9.26 Å². The summed E-state index contributed by atoms with van der Waals surface area (Å²) >= 11 is 0. The number of hydrogen-bond acceptors (Lipinski definition) is 6. The Morgan fingerprint density at radius 1 is 1.08 bits per heavy atom. The summed E-state index contributed by atoms with van der Waals surface area (Å²) in [4.78, 5) is 24.1. The Bertz CT molecular complexity index is 1760. The minimum Gasteiger partial charge on any atom is -0.488 e. The van der Waals surface area contributed by atoms with Crippen molar-refractivity contribution in [2.75, 3.05) is 0 Å². The predicted molar refractivity (Wildman–Crippen MR) is 141 cm³/mol. The zero-order valence-corrected chi connectivity index (χ0v) is 21.3. The molecule has 2 aromatic carbocycles. The van der Waals surface area contributed by atoms with Gasteiger partial charge in [-0.3, -0.25) is 9.51 Å². The summed E-state index contributed by atoms with van der Waals surface area (Å²) in [7, 11) is 0. The third kappa shape index (κ3) is 3.94. The van der Waals surface area contributed by atoms with Gasteiger partial charge >= 0.3 is 5.76 Å². The lowest BCUT2D eigenvalue weighted by Gasteiger charge is -2.15. The van der Waals surface area contributed by atoms with Gasteiger partial charge in [0, 0.05) is 23.3 Å². The standard InChI is InChI=1S/C29H27N5O3/c1-5-24-31-26-16(2)12-17(3)30-28(26)34(24)14-19-10-11-22-23(13-19)36-15-20-8-6-7-9-21(20)25(22)18(4)27-32-29(35)37-33-27/h6-13H,5,14-15H2,1-4H3,(H,32,33,35)/b25-18-. The fourth-order valence-electron chi connectivity index (χ4n) is 5.16. The second-order valence-electron chi connectivity index (χ2n) is 9.44. The van der Waals surface area contributed by atoms with Crippen LogP contribution >= 0.6 is 0 Å². The molecule has 8 nitrogen and oxygen atoms in total. The van der Waals surface area contributed by atoms with Gasteiger partial charge in [0.05, 0.1) is 6.54 Å². The molecule has 0 atom stereocenters. The van der Waals surface area contributed by atoms with E-state index in [4.69, 9.17) is 19.2 Å². The van der Waals surface area contributed by atoms with E-state index < -0.39 is 5.76 Å². The molecule has 0 saturated heterocycles. The summed E-state index contributed by atoms with van der Waals surface area (Å²) in [5.74, 6) is 1.60. The van der Waals surface area contributed by atoms with E-state index in [0.29, 0.717) is 19.0 Å². The molecule has 0 aliphatic carbocycles. The lowest BCUT2D eigenvalue weighted by atomic mass is 9.90. The van der Waals surface area contributed by atoms with Crippen LogP contribution in [0.15, 0.2) is 57.8 Å². The minimum absolute atomic E-state index is 0.404. The molecular formula is C29H27N5O3. The van der Waals surface area contributed by atoms with E-state index in [1.807, 2.05) is 26.0 Å². The van der Waals surface area contributed by atoms with Gasteiger partial charge < -0.3 is 9.30 Å². The molecule has 0 unspecified atom stereocenters. The van der Waals surface area contributed by atoms with Gasteiger partial charge in [0.1, 0.15) is 23.7 Å². The molecule has 0 amide bonds. The van der Waals surface area contributed by atoms with E-state index in [-0.39, 0.29) is 0 Å². The molecule has 0 spiro atoms. The van der Waals surface area contributed by atoms with Crippen LogP contribution in [-0.2, 0) is 19.6 Å². The summed E-state index contributed by atoms with van der Waals surface area (Å²) in [6.07, 6.45) is 0.813. The zero-order chi connectivity index (χ0) is 25.7. The fraction of sp³-hybridized carbons (Fsp3) is 0.241. The number of ether oxygens (including phenoxy) is 1. The molecule has 0 fully saturated rings. The topological polar surface area (TPSA) is 98.8 Å². The molecule has 6 rings (SSSR count). The van der Waals surface area contributed by atoms with Gasteiger partial charge in [0.15, 0.2) is 11.5 Å². The second-order valence-corrected chi connectivity index (χ2v) is 9.44. The molecule has 1 aliphatic heterocycles. The molecule has 4 heterocycles. The maximum absolute atomic E-state index is 11.7. The van der Waals surface area contributed by atoms with Crippen LogP contribution in [0.5, 0.6) is 5.75 Å². The summed E-state index contributed by atoms with van der Waals surface area (Å²) in [6, 6.07) is 16.5. The van der Waals surface area contributed by atoms with Crippen LogP contribution in [0.25, 0.3) is 22.3 Å². The molecule has 0 bridgehead atoms. The first-order valence-corrected chi connectivity index (χ1v) is 12.4. The third-order valence-corrected chi connectivity index (χ3v) is 6.91. The number of nitrogens with one attached hydrogen (secondary N) is 1. The molecule has 1 N–H and O–H groups in total. The predicted octanol–water partition coefficient (Wildman–Crippen LogP) is 5.21. The lowest BCUT2D eigenvalue weighted by molar-refractivity contribution is 0.307. The average molecular weight is 494 g/mol. The molecule has 0 saturated carbocycles. The Morgan fingerprint density at radius 3 is 2.70 bits per heavy atom. The first-order chi connectivity index (χ1) is 17.9. The highest BCUT2D eigenvalue weighted by Crippen LogP contribution is 2.41. The van der Waals surface area contributed by atoms with E-state index in [1.165, 1.54) is 0 Å². The van der Waals surface area contributed by atoms with Gasteiger partial charge in [-0.15, -0.1) is 0 Å².